The summed E-state index contributed by atoms with van der Waals surface area (Å²) in [4.78, 5) is 0. The summed E-state index contributed by atoms with van der Waals surface area (Å²) in [6, 6.07) is 8.65. The number of hydrogen-bond donors (Lipinski definition) is 1. The summed E-state index contributed by atoms with van der Waals surface area (Å²) in [6.07, 6.45) is 8.37. The Kier molecular flexibility index (Phi) is 6.25. The Bertz CT molecular complexity index is 414. The number of ether oxygens (including phenoxy) is 1. The molecule has 118 valence electrons. The van der Waals surface area contributed by atoms with E-state index < -0.39 is 0 Å². The molecule has 0 saturated heterocycles. The lowest BCUT2D eigenvalue weighted by Crippen LogP contribution is -2.35. The number of nitrogens with one attached hydrogen (secondary N) is 1. The van der Waals surface area contributed by atoms with Crippen molar-refractivity contribution in [1.29, 1.82) is 0 Å². The molecule has 2 heteroatoms. The molecule has 1 aliphatic rings. The molecule has 1 saturated carbocycles. The van der Waals surface area contributed by atoms with Crippen LogP contribution in [0.4, 0.5) is 0 Å². The highest BCUT2D eigenvalue weighted by atomic mass is 16.5. The fourth-order valence-corrected chi connectivity index (χ4v) is 2.85. The highest BCUT2D eigenvalue weighted by Crippen LogP contribution is 2.21. The Morgan fingerprint density at radius 3 is 2.24 bits per heavy atom. The van der Waals surface area contributed by atoms with Crippen LogP contribution in [0.15, 0.2) is 24.3 Å². The smallest absolute Gasteiger partial charge is 0.0723 e. The van der Waals surface area contributed by atoms with E-state index in [1.807, 2.05) is 0 Å². The van der Waals surface area contributed by atoms with E-state index in [1.54, 1.807) is 0 Å². The van der Waals surface area contributed by atoms with Gasteiger partial charge in [-0.25, -0.2) is 0 Å². The second kappa shape index (κ2) is 7.95. The van der Waals surface area contributed by atoms with Gasteiger partial charge in [0.15, 0.2) is 0 Å². The molecule has 1 aliphatic carbocycles. The van der Waals surface area contributed by atoms with Gasteiger partial charge in [0.05, 0.1) is 12.7 Å². The molecule has 0 spiro atoms. The van der Waals surface area contributed by atoms with E-state index in [0.29, 0.717) is 6.10 Å². The second-order valence-corrected chi connectivity index (χ2v) is 7.30. The maximum atomic E-state index is 6.19. The molecule has 0 atom stereocenters. The topological polar surface area (TPSA) is 21.3 Å². The molecule has 1 N–H and O–H groups in total. The lowest BCUT2D eigenvalue weighted by Gasteiger charge is -2.22. The van der Waals surface area contributed by atoms with E-state index in [4.69, 9.17) is 4.74 Å². The summed E-state index contributed by atoms with van der Waals surface area (Å²) in [5.74, 6) is 0. The molecule has 2 nitrogen and oxygen atoms in total. The second-order valence-electron chi connectivity index (χ2n) is 7.30. The zero-order valence-electron chi connectivity index (χ0n) is 14.0. The molecule has 1 fully saturated rings. The first kappa shape index (κ1) is 16.5. The zero-order chi connectivity index (χ0) is 15.1. The molecule has 1 aromatic carbocycles. The highest BCUT2D eigenvalue weighted by Gasteiger charge is 2.14. The summed E-state index contributed by atoms with van der Waals surface area (Å²) in [6.45, 7) is 8.29. The molecule has 0 bridgehead atoms. The van der Waals surface area contributed by atoms with Crippen molar-refractivity contribution in [2.24, 2.45) is 0 Å². The van der Waals surface area contributed by atoms with Gasteiger partial charge in [0, 0.05) is 12.1 Å². The highest BCUT2D eigenvalue weighted by molar-refractivity contribution is 5.26. The quantitative estimate of drug-likeness (QED) is 0.785. The van der Waals surface area contributed by atoms with Gasteiger partial charge in [0.25, 0.3) is 0 Å². The average Bonchev–Trinajstić information content (AvgIpc) is 2.71. The van der Waals surface area contributed by atoms with Gasteiger partial charge < -0.3 is 10.1 Å². The van der Waals surface area contributed by atoms with E-state index in [9.17, 15) is 0 Å². The van der Waals surface area contributed by atoms with Gasteiger partial charge in [0.2, 0.25) is 0 Å². The van der Waals surface area contributed by atoms with E-state index in [-0.39, 0.29) is 5.54 Å². The van der Waals surface area contributed by atoms with Crippen LogP contribution in [0.5, 0.6) is 0 Å². The van der Waals surface area contributed by atoms with Crippen molar-refractivity contribution < 1.29 is 4.74 Å². The Morgan fingerprint density at radius 2 is 1.62 bits per heavy atom. The molecule has 2 rings (SSSR count). The standard InChI is InChI=1S/C19H31NO/c1-19(2,3)20-14-16-10-8-9-11-17(16)15-21-18-12-6-4-5-7-13-18/h8-11,18,20H,4-7,12-15H2,1-3H3. The predicted molar refractivity (Wildman–Crippen MR) is 89.3 cm³/mol. The number of benzene rings is 1. The fraction of sp³-hybridized carbons (Fsp3) is 0.684. The van der Waals surface area contributed by atoms with Crippen molar-refractivity contribution in [1.82, 2.24) is 5.32 Å². The molecule has 0 unspecified atom stereocenters. The van der Waals surface area contributed by atoms with Crippen LogP contribution in [0.3, 0.4) is 0 Å². The summed E-state index contributed by atoms with van der Waals surface area (Å²) in [7, 11) is 0. The third-order valence-corrected chi connectivity index (χ3v) is 4.20. The number of rotatable bonds is 5. The van der Waals surface area contributed by atoms with Gasteiger partial charge in [-0.05, 0) is 44.7 Å². The van der Waals surface area contributed by atoms with Crippen LogP contribution in [-0.2, 0) is 17.9 Å². The molecule has 0 aromatic heterocycles. The van der Waals surface area contributed by atoms with Gasteiger partial charge in [-0.2, -0.15) is 0 Å². The van der Waals surface area contributed by atoms with Crippen molar-refractivity contribution >= 4 is 0 Å². The van der Waals surface area contributed by atoms with Crippen LogP contribution < -0.4 is 5.32 Å². The van der Waals surface area contributed by atoms with Gasteiger partial charge in [-0.15, -0.1) is 0 Å². The minimum Gasteiger partial charge on any atom is -0.374 e. The van der Waals surface area contributed by atoms with Crippen LogP contribution in [0.2, 0.25) is 0 Å². The molecule has 0 aliphatic heterocycles. The lowest BCUT2D eigenvalue weighted by atomic mass is 10.0. The van der Waals surface area contributed by atoms with Gasteiger partial charge in [0.1, 0.15) is 0 Å². The van der Waals surface area contributed by atoms with E-state index in [1.165, 1.54) is 49.7 Å². The van der Waals surface area contributed by atoms with Crippen molar-refractivity contribution in [2.45, 2.75) is 84.1 Å². The number of hydrogen-bond acceptors (Lipinski definition) is 2. The van der Waals surface area contributed by atoms with Gasteiger partial charge in [-0.1, -0.05) is 49.9 Å². The molecule has 0 amide bonds. The van der Waals surface area contributed by atoms with Gasteiger partial charge in [-0.3, -0.25) is 0 Å². The molecule has 1 aromatic rings. The Labute approximate surface area is 130 Å². The molecule has 0 radical (unpaired) electrons. The maximum absolute atomic E-state index is 6.19. The third kappa shape index (κ3) is 6.19. The lowest BCUT2D eigenvalue weighted by molar-refractivity contribution is 0.0305. The van der Waals surface area contributed by atoms with Crippen LogP contribution >= 0.6 is 0 Å². The van der Waals surface area contributed by atoms with Crippen LogP contribution in [0.1, 0.15) is 70.4 Å². The average molecular weight is 289 g/mol. The maximum Gasteiger partial charge on any atom is 0.0723 e. The van der Waals surface area contributed by atoms with Gasteiger partial charge >= 0.3 is 0 Å². The van der Waals surface area contributed by atoms with Crippen LogP contribution in [-0.4, -0.2) is 11.6 Å². The van der Waals surface area contributed by atoms with Crippen molar-refractivity contribution in [3.63, 3.8) is 0 Å². The summed E-state index contributed by atoms with van der Waals surface area (Å²) in [5, 5.41) is 3.57. The zero-order valence-corrected chi connectivity index (χ0v) is 14.0. The van der Waals surface area contributed by atoms with Crippen LogP contribution in [0.25, 0.3) is 0 Å². The summed E-state index contributed by atoms with van der Waals surface area (Å²) >= 11 is 0. The first-order valence-corrected chi connectivity index (χ1v) is 8.48. The molecular formula is C19H31NO. The first-order chi connectivity index (χ1) is 10.0. The van der Waals surface area contributed by atoms with E-state index in [2.05, 4.69) is 50.4 Å². The minimum absolute atomic E-state index is 0.148. The molecule has 0 heterocycles. The monoisotopic (exact) mass is 289 g/mol. The predicted octanol–water partition coefficient (Wildman–Crippen LogP) is 4.81. The van der Waals surface area contributed by atoms with E-state index >= 15 is 0 Å². The Hall–Kier alpha value is -0.860. The Morgan fingerprint density at radius 1 is 1.00 bits per heavy atom. The van der Waals surface area contributed by atoms with Crippen LogP contribution in [0, 0.1) is 0 Å². The minimum atomic E-state index is 0.148. The Balaban J connectivity index is 1.89. The summed E-state index contributed by atoms with van der Waals surface area (Å²) < 4.78 is 6.19. The fourth-order valence-electron chi connectivity index (χ4n) is 2.85. The van der Waals surface area contributed by atoms with Crippen molar-refractivity contribution in [2.75, 3.05) is 0 Å². The third-order valence-electron chi connectivity index (χ3n) is 4.20. The van der Waals surface area contributed by atoms with Crippen molar-refractivity contribution in [3.8, 4) is 0 Å². The largest absolute Gasteiger partial charge is 0.374 e. The molecular weight excluding hydrogens is 258 g/mol. The van der Waals surface area contributed by atoms with Crippen molar-refractivity contribution in [3.05, 3.63) is 35.4 Å². The molecule has 21 heavy (non-hydrogen) atoms. The van der Waals surface area contributed by atoms with E-state index in [0.717, 1.165) is 13.2 Å². The normalized spacial score (nSPS) is 17.7. The summed E-state index contributed by atoms with van der Waals surface area (Å²) in [5.41, 5.74) is 2.84. The first-order valence-electron chi connectivity index (χ1n) is 8.48. The SMILES string of the molecule is CC(C)(C)NCc1ccccc1COC1CCCCCC1.